The third kappa shape index (κ3) is 5.43. The average molecular weight is 309 g/mol. The summed E-state index contributed by atoms with van der Waals surface area (Å²) in [5, 5.41) is 1.92. The summed E-state index contributed by atoms with van der Waals surface area (Å²) >= 11 is 0. The van der Waals surface area contributed by atoms with Gasteiger partial charge < -0.3 is 14.2 Å². The lowest BCUT2D eigenvalue weighted by atomic mass is 10.2. The number of amides is 2. The van der Waals surface area contributed by atoms with E-state index in [4.69, 9.17) is 9.47 Å². The van der Waals surface area contributed by atoms with Crippen LogP contribution in [0.1, 0.15) is 20.3 Å². The van der Waals surface area contributed by atoms with Crippen molar-refractivity contribution in [1.82, 2.24) is 5.32 Å². The molecule has 0 bridgehead atoms. The van der Waals surface area contributed by atoms with Crippen LogP contribution in [0.2, 0.25) is 0 Å². The van der Waals surface area contributed by atoms with Crippen LogP contribution in [-0.2, 0) is 19.1 Å². The van der Waals surface area contributed by atoms with Gasteiger partial charge in [0.1, 0.15) is 5.75 Å². The summed E-state index contributed by atoms with van der Waals surface area (Å²) in [5.74, 6) is -0.924. The largest absolute Gasteiger partial charge is 0.479 e. The molecule has 120 valence electrons. The summed E-state index contributed by atoms with van der Waals surface area (Å²) in [7, 11) is 1.13. The first kappa shape index (κ1) is 17.5. The van der Waals surface area contributed by atoms with Gasteiger partial charge in [0, 0.05) is 0 Å². The first-order valence-electron chi connectivity index (χ1n) is 6.79. The lowest BCUT2D eigenvalue weighted by Crippen LogP contribution is -2.41. The number of carbonyl (C=O) groups excluding carboxylic acids is 3. The second kappa shape index (κ2) is 8.66. The Balaban J connectivity index is 2.57. The maximum Gasteiger partial charge on any atom is 0.413 e. The van der Waals surface area contributed by atoms with Gasteiger partial charge in [0.2, 0.25) is 0 Å². The van der Waals surface area contributed by atoms with Crippen LogP contribution in [0, 0.1) is 0 Å². The molecule has 2 amide bonds. The Labute approximate surface area is 128 Å². The number of nitrogens with one attached hydrogen (secondary N) is 1. The number of rotatable bonds is 6. The van der Waals surface area contributed by atoms with E-state index in [-0.39, 0.29) is 0 Å². The Kier molecular flexibility index (Phi) is 6.88. The maximum atomic E-state index is 12.0. The van der Waals surface area contributed by atoms with Gasteiger partial charge in [-0.1, -0.05) is 25.1 Å². The third-order valence-electron chi connectivity index (χ3n) is 2.73. The predicted molar refractivity (Wildman–Crippen MR) is 77.3 cm³/mol. The van der Waals surface area contributed by atoms with E-state index in [1.54, 1.807) is 31.2 Å². The van der Waals surface area contributed by atoms with Crippen LogP contribution in [-0.4, -0.2) is 37.3 Å². The Hall–Kier alpha value is -2.57. The second-order valence-corrected chi connectivity index (χ2v) is 4.39. The molecule has 0 aliphatic heterocycles. The molecule has 1 N–H and O–H groups in total. The van der Waals surface area contributed by atoms with E-state index in [1.165, 1.54) is 6.92 Å². The molecule has 1 rings (SSSR count). The van der Waals surface area contributed by atoms with Gasteiger partial charge in [0.15, 0.2) is 12.2 Å². The van der Waals surface area contributed by atoms with Crippen molar-refractivity contribution in [2.75, 3.05) is 7.11 Å². The summed E-state index contributed by atoms with van der Waals surface area (Å²) in [6.07, 6.45) is -2.52. The minimum Gasteiger partial charge on any atom is -0.479 e. The number of methoxy groups -OCH3 is 1. The molecule has 22 heavy (non-hydrogen) atoms. The number of hydrogen-bond acceptors (Lipinski definition) is 6. The normalized spacial score (nSPS) is 12.7. The fraction of sp³-hybridized carbons (Fsp3) is 0.400. The van der Waals surface area contributed by atoms with Crippen LogP contribution in [0.15, 0.2) is 30.3 Å². The number of imide groups is 1. The molecule has 0 saturated heterocycles. The molecule has 0 aliphatic carbocycles. The summed E-state index contributed by atoms with van der Waals surface area (Å²) < 4.78 is 14.8. The van der Waals surface area contributed by atoms with Gasteiger partial charge >= 0.3 is 12.1 Å². The molecule has 1 aromatic rings. The molecule has 0 saturated carbocycles. The summed E-state index contributed by atoms with van der Waals surface area (Å²) in [6.45, 7) is 3.11. The first-order valence-corrected chi connectivity index (χ1v) is 6.79. The van der Waals surface area contributed by atoms with Crippen LogP contribution in [0.5, 0.6) is 5.75 Å². The van der Waals surface area contributed by atoms with Gasteiger partial charge in [-0.3, -0.25) is 10.1 Å². The monoisotopic (exact) mass is 309 g/mol. The summed E-state index contributed by atoms with van der Waals surface area (Å²) in [6, 6.07) is 8.80. The molecule has 0 aliphatic rings. The number of para-hydroxylation sites is 1. The van der Waals surface area contributed by atoms with E-state index < -0.39 is 30.2 Å². The topological polar surface area (TPSA) is 90.9 Å². The zero-order valence-corrected chi connectivity index (χ0v) is 12.7. The van der Waals surface area contributed by atoms with E-state index in [9.17, 15) is 14.4 Å². The van der Waals surface area contributed by atoms with Crippen LogP contribution < -0.4 is 10.1 Å². The molecule has 0 radical (unpaired) electrons. The fourth-order valence-electron chi connectivity index (χ4n) is 1.52. The molecule has 2 atom stereocenters. The zero-order valence-electron chi connectivity index (χ0n) is 12.7. The van der Waals surface area contributed by atoms with Crippen molar-refractivity contribution in [2.45, 2.75) is 32.5 Å². The maximum absolute atomic E-state index is 12.0. The molecule has 0 spiro atoms. The van der Waals surface area contributed by atoms with E-state index >= 15 is 0 Å². The van der Waals surface area contributed by atoms with E-state index in [0.717, 1.165) is 7.11 Å². The van der Waals surface area contributed by atoms with Crippen molar-refractivity contribution >= 4 is 18.0 Å². The summed E-state index contributed by atoms with van der Waals surface area (Å²) in [4.78, 5) is 34.5. The molecule has 0 aromatic heterocycles. The third-order valence-corrected chi connectivity index (χ3v) is 2.73. The lowest BCUT2D eigenvalue weighted by molar-refractivity contribution is -0.161. The van der Waals surface area contributed by atoms with Crippen LogP contribution in [0.4, 0.5) is 4.79 Å². The number of carbonyl (C=O) groups is 3. The standard InChI is InChI=1S/C15H19NO6/c1-4-12(22-11-8-6-5-7-9-11)14(18)21-10(2)13(17)16-15(19)20-3/h5-10,12H,4H2,1-3H3,(H,16,17,19)/t10-,12+/m0/s1. The molecule has 1 aromatic carbocycles. The molecule has 7 nitrogen and oxygen atoms in total. The minimum atomic E-state index is -1.14. The lowest BCUT2D eigenvalue weighted by Gasteiger charge is -2.19. The minimum absolute atomic E-state index is 0.374. The molecule has 0 unspecified atom stereocenters. The second-order valence-electron chi connectivity index (χ2n) is 4.39. The predicted octanol–water partition coefficient (Wildman–Crippen LogP) is 1.66. The van der Waals surface area contributed by atoms with Crippen LogP contribution in [0.3, 0.4) is 0 Å². The van der Waals surface area contributed by atoms with Crippen molar-refractivity contribution in [1.29, 1.82) is 0 Å². The van der Waals surface area contributed by atoms with Gasteiger partial charge in [-0.25, -0.2) is 9.59 Å². The first-order chi connectivity index (χ1) is 10.5. The number of esters is 1. The Morgan fingerprint density at radius 2 is 1.82 bits per heavy atom. The van der Waals surface area contributed by atoms with Gasteiger partial charge in [-0.2, -0.15) is 0 Å². The van der Waals surface area contributed by atoms with Crippen molar-refractivity contribution in [3.8, 4) is 5.75 Å². The average Bonchev–Trinajstić information content (AvgIpc) is 2.53. The van der Waals surface area contributed by atoms with E-state index in [1.807, 2.05) is 11.4 Å². The highest BCUT2D eigenvalue weighted by Gasteiger charge is 2.26. The highest BCUT2D eigenvalue weighted by atomic mass is 16.6. The Morgan fingerprint density at radius 1 is 1.18 bits per heavy atom. The fourth-order valence-corrected chi connectivity index (χ4v) is 1.52. The van der Waals surface area contributed by atoms with Gasteiger partial charge in [-0.05, 0) is 25.5 Å². The smallest absolute Gasteiger partial charge is 0.413 e. The SMILES string of the molecule is CC[C@@H](Oc1ccccc1)C(=O)O[C@@H](C)C(=O)NC(=O)OC. The number of benzene rings is 1. The molecule has 0 fully saturated rings. The summed E-state index contributed by atoms with van der Waals surface area (Å²) in [5.41, 5.74) is 0. The van der Waals surface area contributed by atoms with Crippen molar-refractivity contribution < 1.29 is 28.6 Å². The highest BCUT2D eigenvalue weighted by Crippen LogP contribution is 2.13. The van der Waals surface area contributed by atoms with Gasteiger partial charge in [-0.15, -0.1) is 0 Å². The van der Waals surface area contributed by atoms with Crippen molar-refractivity contribution in [3.05, 3.63) is 30.3 Å². The van der Waals surface area contributed by atoms with E-state index in [2.05, 4.69) is 4.74 Å². The molecular formula is C15H19NO6. The molecular weight excluding hydrogens is 290 g/mol. The number of ether oxygens (including phenoxy) is 3. The van der Waals surface area contributed by atoms with Crippen molar-refractivity contribution in [3.63, 3.8) is 0 Å². The van der Waals surface area contributed by atoms with Crippen molar-refractivity contribution in [2.24, 2.45) is 0 Å². The van der Waals surface area contributed by atoms with Crippen LogP contribution in [0.25, 0.3) is 0 Å². The van der Waals surface area contributed by atoms with Crippen LogP contribution >= 0.6 is 0 Å². The van der Waals surface area contributed by atoms with Gasteiger partial charge in [0.05, 0.1) is 7.11 Å². The number of alkyl carbamates (subject to hydrolysis) is 1. The quantitative estimate of drug-likeness (QED) is 0.804. The van der Waals surface area contributed by atoms with Gasteiger partial charge in [0.25, 0.3) is 5.91 Å². The zero-order chi connectivity index (χ0) is 16.5. The number of hydrogen-bond donors (Lipinski definition) is 1. The highest BCUT2D eigenvalue weighted by molar-refractivity contribution is 5.95. The Bertz CT molecular complexity index is 516. The molecule has 0 heterocycles. The molecule has 7 heteroatoms. The van der Waals surface area contributed by atoms with E-state index in [0.29, 0.717) is 12.2 Å². The Morgan fingerprint density at radius 3 is 2.36 bits per heavy atom.